The van der Waals surface area contributed by atoms with Gasteiger partial charge in [0.1, 0.15) is 17.2 Å². The summed E-state index contributed by atoms with van der Waals surface area (Å²) < 4.78 is 58.5. The number of anilines is 1. The number of halogens is 2. The van der Waals surface area contributed by atoms with E-state index < -0.39 is 26.8 Å². The van der Waals surface area contributed by atoms with Gasteiger partial charge >= 0.3 is 0 Å². The fourth-order valence-electron chi connectivity index (χ4n) is 8.99. The van der Waals surface area contributed by atoms with Crippen molar-refractivity contribution in [3.8, 4) is 5.75 Å². The Morgan fingerprint density at radius 3 is 2.57 bits per heavy atom. The molecule has 1 saturated heterocycles. The molecular weight excluding hydrogens is 691 g/mol. The molecular formula is C39H52ClFN4O5S. The molecule has 278 valence electrons. The number of sulfonamides is 1. The lowest BCUT2D eigenvalue weighted by atomic mass is 9.58. The Morgan fingerprint density at radius 2 is 1.86 bits per heavy atom. The van der Waals surface area contributed by atoms with E-state index in [0.29, 0.717) is 49.5 Å². The molecule has 8 rings (SSSR count). The highest BCUT2D eigenvalue weighted by atomic mass is 35.5. The maximum absolute atomic E-state index is 15.6. The molecule has 6 atom stereocenters. The minimum absolute atomic E-state index is 0.0577. The molecule has 9 nitrogen and oxygen atoms in total. The zero-order valence-electron chi connectivity index (χ0n) is 30.3. The van der Waals surface area contributed by atoms with E-state index in [1.165, 1.54) is 5.57 Å². The number of rotatable bonds is 3. The van der Waals surface area contributed by atoms with Gasteiger partial charge in [0.05, 0.1) is 22.6 Å². The number of methoxy groups -OCH3 is 1. The molecule has 1 amide bonds. The topological polar surface area (TPSA) is 91.4 Å². The van der Waals surface area contributed by atoms with Crippen molar-refractivity contribution in [2.75, 3.05) is 64.9 Å². The first-order valence-electron chi connectivity index (χ1n) is 18.6. The van der Waals surface area contributed by atoms with E-state index in [-0.39, 0.29) is 40.1 Å². The van der Waals surface area contributed by atoms with Crippen LogP contribution in [0.2, 0.25) is 5.02 Å². The minimum Gasteiger partial charge on any atom is -0.491 e. The molecule has 2 aliphatic carbocycles. The molecule has 4 heterocycles. The first-order chi connectivity index (χ1) is 24.4. The molecule has 51 heavy (non-hydrogen) atoms. The zero-order chi connectivity index (χ0) is 36.1. The maximum Gasteiger partial charge on any atom is 0.264 e. The van der Waals surface area contributed by atoms with Crippen molar-refractivity contribution in [3.63, 3.8) is 0 Å². The molecule has 12 heteroatoms. The van der Waals surface area contributed by atoms with Crippen LogP contribution in [-0.2, 0) is 27.7 Å². The van der Waals surface area contributed by atoms with E-state index in [4.69, 9.17) is 21.1 Å². The molecule has 2 aromatic carbocycles. The number of piperazine rings is 1. The Kier molecular flexibility index (Phi) is 10.5. The molecule has 4 bridgehead atoms. The van der Waals surface area contributed by atoms with Gasteiger partial charge in [-0.25, -0.2) is 17.5 Å². The van der Waals surface area contributed by atoms with Gasteiger partial charge in [-0.1, -0.05) is 30.7 Å². The lowest BCUT2D eigenvalue weighted by molar-refractivity contribution is -0.108. The number of amides is 1. The fraction of sp³-hybridized carbons (Fsp3) is 0.615. The number of ether oxygens (including phenoxy) is 2. The standard InChI is InChI=1S/C39H52ClFN4O5S/c1-25-26(2)51(47,48)42-38(46)27-10-13-36-35(21-27)45(22-28-9-12-34(40)37(41)32(28)7-5-6-18-50-36)23-29-8-11-33(29)39(49-4,31-19-30(25)20-31)24-44-16-14-43(3)15-17-44/h9-10,12-13,19,21,25-26,29-30,33H,5-8,11,14-18,20,22-24H2,1-4H3,(H,42,46)/t25-,26-,29+,30+,33-,39+/m1/s1. The van der Waals surface area contributed by atoms with E-state index >= 15 is 4.39 Å². The van der Waals surface area contributed by atoms with Gasteiger partial charge in [-0.3, -0.25) is 9.69 Å². The van der Waals surface area contributed by atoms with Gasteiger partial charge in [-0.05, 0) is 117 Å². The number of hydrogen-bond donors (Lipinski definition) is 1. The highest BCUT2D eigenvalue weighted by molar-refractivity contribution is 7.90. The lowest BCUT2D eigenvalue weighted by Gasteiger charge is -2.56. The smallest absolute Gasteiger partial charge is 0.264 e. The molecule has 2 aromatic rings. The number of fused-ring (bicyclic) bond motifs is 5. The lowest BCUT2D eigenvalue weighted by Crippen LogP contribution is -2.61. The van der Waals surface area contributed by atoms with Crippen LogP contribution in [0.25, 0.3) is 0 Å². The third kappa shape index (κ3) is 7.05. The van der Waals surface area contributed by atoms with E-state index in [1.807, 2.05) is 20.1 Å². The molecule has 1 saturated carbocycles. The highest BCUT2D eigenvalue weighted by Gasteiger charge is 2.54. The zero-order valence-corrected chi connectivity index (χ0v) is 31.9. The first-order valence-corrected chi connectivity index (χ1v) is 20.5. The second kappa shape index (κ2) is 14.6. The summed E-state index contributed by atoms with van der Waals surface area (Å²) in [5.74, 6) is -0.119. The van der Waals surface area contributed by atoms with E-state index in [9.17, 15) is 13.2 Å². The van der Waals surface area contributed by atoms with Gasteiger partial charge in [-0.15, -0.1) is 0 Å². The first kappa shape index (κ1) is 36.6. The molecule has 1 N–H and O–H groups in total. The van der Waals surface area contributed by atoms with Crippen LogP contribution in [0.4, 0.5) is 10.1 Å². The average Bonchev–Trinajstić information content (AvgIpc) is 3.10. The second-order valence-electron chi connectivity index (χ2n) is 15.6. The van der Waals surface area contributed by atoms with Crippen LogP contribution in [0, 0.1) is 29.5 Å². The molecule has 0 radical (unpaired) electrons. The molecule has 0 unspecified atom stereocenters. The van der Waals surface area contributed by atoms with Gasteiger partial charge in [-0.2, -0.15) is 0 Å². The van der Waals surface area contributed by atoms with Gasteiger partial charge in [0, 0.05) is 58.5 Å². The third-order valence-corrected chi connectivity index (χ3v) is 14.9. The van der Waals surface area contributed by atoms with Crippen molar-refractivity contribution in [2.45, 2.75) is 69.8 Å². The average molecular weight is 743 g/mol. The predicted octanol–water partition coefficient (Wildman–Crippen LogP) is 5.90. The van der Waals surface area contributed by atoms with Crippen LogP contribution >= 0.6 is 11.6 Å². The number of nitrogens with zero attached hydrogens (tertiary/aromatic N) is 3. The molecule has 2 fully saturated rings. The van der Waals surface area contributed by atoms with Crippen molar-refractivity contribution < 1.29 is 27.1 Å². The van der Waals surface area contributed by atoms with E-state index in [1.54, 1.807) is 31.2 Å². The minimum atomic E-state index is -4.00. The van der Waals surface area contributed by atoms with Crippen LogP contribution < -0.4 is 14.4 Å². The second-order valence-corrected chi connectivity index (χ2v) is 18.0. The number of hydrogen-bond acceptors (Lipinski definition) is 8. The van der Waals surface area contributed by atoms with Crippen LogP contribution in [0.3, 0.4) is 0 Å². The molecule has 0 aromatic heterocycles. The Hall–Kier alpha value is -2.70. The summed E-state index contributed by atoms with van der Waals surface area (Å²) in [5.41, 5.74) is 3.10. The normalized spacial score (nSPS) is 31.7. The van der Waals surface area contributed by atoms with Crippen LogP contribution in [0.5, 0.6) is 5.75 Å². The van der Waals surface area contributed by atoms with Crippen LogP contribution in [0.15, 0.2) is 42.0 Å². The van der Waals surface area contributed by atoms with Gasteiger partial charge in [0.15, 0.2) is 0 Å². The third-order valence-electron chi connectivity index (χ3n) is 12.7. The van der Waals surface area contributed by atoms with Crippen LogP contribution in [-0.4, -0.2) is 95.0 Å². The molecule has 6 aliphatic rings. The van der Waals surface area contributed by atoms with Crippen molar-refractivity contribution >= 4 is 33.2 Å². The number of nitrogens with one attached hydrogen (secondary N) is 1. The number of carbonyl (C=O) groups is 1. The summed E-state index contributed by atoms with van der Waals surface area (Å²) >= 11 is 6.31. The molecule has 4 aliphatic heterocycles. The Morgan fingerprint density at radius 1 is 1.10 bits per heavy atom. The van der Waals surface area contributed by atoms with Crippen molar-refractivity contribution in [3.05, 3.63) is 69.5 Å². The largest absolute Gasteiger partial charge is 0.491 e. The number of benzene rings is 2. The maximum atomic E-state index is 15.6. The Balaban J connectivity index is 1.35. The summed E-state index contributed by atoms with van der Waals surface area (Å²) in [5, 5.41) is -0.682. The van der Waals surface area contributed by atoms with Crippen molar-refractivity contribution in [1.82, 2.24) is 14.5 Å². The Labute approximate surface area is 307 Å². The highest BCUT2D eigenvalue weighted by Crippen LogP contribution is 2.53. The predicted molar refractivity (Wildman–Crippen MR) is 198 cm³/mol. The SMILES string of the molecule is CO[C@@]1(CN2CCN(C)CC2)C2=C[C@@H](C2)[C@H](C)[C@@H](C)S(=O)(=O)NC(=O)c2ccc3c(c2)N(Cc2ccc(Cl)c(F)c2CCCCO3)C[C@@H]2CC[C@H]21. The monoisotopic (exact) mass is 742 g/mol. The number of carbonyl (C=O) groups excluding carboxylic acids is 1. The van der Waals surface area contributed by atoms with Crippen molar-refractivity contribution in [2.24, 2.45) is 23.7 Å². The summed E-state index contributed by atoms with van der Waals surface area (Å²) in [6.45, 7) is 9.81. The van der Waals surface area contributed by atoms with Gasteiger partial charge in [0.25, 0.3) is 5.91 Å². The van der Waals surface area contributed by atoms with Gasteiger partial charge < -0.3 is 19.3 Å². The van der Waals surface area contributed by atoms with Crippen LogP contribution in [0.1, 0.15) is 67.4 Å². The van der Waals surface area contributed by atoms with Crippen molar-refractivity contribution in [1.29, 1.82) is 0 Å². The summed E-state index contributed by atoms with van der Waals surface area (Å²) in [7, 11) is 0.00712. The van der Waals surface area contributed by atoms with E-state index in [2.05, 4.69) is 32.5 Å². The fourth-order valence-corrected chi connectivity index (χ4v) is 10.5. The number of allylic oxidation sites excluding steroid dienone is 1. The number of likely N-dealkylation sites (N-methyl/N-ethyl adjacent to an activating group) is 1. The quantitative estimate of drug-likeness (QED) is 0.389. The van der Waals surface area contributed by atoms with E-state index in [0.717, 1.165) is 64.0 Å². The summed E-state index contributed by atoms with van der Waals surface area (Å²) in [6.07, 6.45) is 7.03. The Bertz CT molecular complexity index is 1780. The summed E-state index contributed by atoms with van der Waals surface area (Å²) in [4.78, 5) is 20.8. The van der Waals surface area contributed by atoms with Gasteiger partial charge in [0.2, 0.25) is 10.0 Å². The molecule has 0 spiro atoms. The summed E-state index contributed by atoms with van der Waals surface area (Å²) in [6, 6.07) is 8.67.